The summed E-state index contributed by atoms with van der Waals surface area (Å²) in [5.74, 6) is 0.858. The van der Waals surface area contributed by atoms with Crippen molar-refractivity contribution in [3.63, 3.8) is 0 Å². The Hall–Kier alpha value is -0.890. The Kier molecular flexibility index (Phi) is 6.20. The normalized spacial score (nSPS) is 11.9. The summed E-state index contributed by atoms with van der Waals surface area (Å²) in [6.45, 7) is 0.116. The summed E-state index contributed by atoms with van der Waals surface area (Å²) in [6.07, 6.45) is 2.64. The SMILES string of the molecule is CSCC(CCO)Nc1c(Cl)cccc1C#N. The second-order valence-corrected chi connectivity index (χ2v) is 4.90. The third-order valence-electron chi connectivity index (χ3n) is 2.33. The second kappa shape index (κ2) is 7.44. The molecule has 0 aliphatic carbocycles. The van der Waals surface area contributed by atoms with E-state index in [-0.39, 0.29) is 12.6 Å². The van der Waals surface area contributed by atoms with Crippen molar-refractivity contribution in [2.24, 2.45) is 0 Å². The van der Waals surface area contributed by atoms with Crippen molar-refractivity contribution in [1.82, 2.24) is 0 Å². The minimum absolute atomic E-state index is 0.113. The molecule has 0 amide bonds. The van der Waals surface area contributed by atoms with Crippen LogP contribution in [0, 0.1) is 11.3 Å². The molecule has 0 spiro atoms. The van der Waals surface area contributed by atoms with Gasteiger partial charge in [-0.25, -0.2) is 0 Å². The van der Waals surface area contributed by atoms with Gasteiger partial charge in [0.1, 0.15) is 6.07 Å². The molecule has 0 aromatic heterocycles. The van der Waals surface area contributed by atoms with Crippen LogP contribution in [0.3, 0.4) is 0 Å². The molecular weight excluding hydrogens is 256 g/mol. The summed E-state index contributed by atoms with van der Waals surface area (Å²) < 4.78 is 0. The summed E-state index contributed by atoms with van der Waals surface area (Å²) in [6, 6.07) is 7.45. The van der Waals surface area contributed by atoms with E-state index in [9.17, 15) is 0 Å². The predicted molar refractivity (Wildman–Crippen MR) is 73.7 cm³/mol. The molecule has 1 atom stereocenters. The lowest BCUT2D eigenvalue weighted by molar-refractivity contribution is 0.282. The molecule has 3 nitrogen and oxygen atoms in total. The molecule has 1 rings (SSSR count). The van der Waals surface area contributed by atoms with Gasteiger partial charge in [0.15, 0.2) is 0 Å². The van der Waals surface area contributed by atoms with E-state index in [4.69, 9.17) is 22.0 Å². The first kappa shape index (κ1) is 14.2. The number of hydrogen-bond donors (Lipinski definition) is 2. The molecule has 0 aliphatic heterocycles. The van der Waals surface area contributed by atoms with Crippen molar-refractivity contribution in [3.8, 4) is 6.07 Å². The average molecular weight is 271 g/mol. The second-order valence-electron chi connectivity index (χ2n) is 3.58. The van der Waals surface area contributed by atoms with Crippen LogP contribution < -0.4 is 5.32 Å². The maximum absolute atomic E-state index is 9.01. The Labute approximate surface area is 111 Å². The molecule has 17 heavy (non-hydrogen) atoms. The van der Waals surface area contributed by atoms with Crippen LogP contribution in [0.1, 0.15) is 12.0 Å². The smallest absolute Gasteiger partial charge is 0.101 e. The van der Waals surface area contributed by atoms with Gasteiger partial charge in [-0.15, -0.1) is 0 Å². The average Bonchev–Trinajstić information content (AvgIpc) is 2.32. The lowest BCUT2D eigenvalue weighted by Crippen LogP contribution is -2.24. The molecule has 0 saturated carbocycles. The molecule has 0 fully saturated rings. The van der Waals surface area contributed by atoms with E-state index in [0.717, 1.165) is 5.75 Å². The number of thioether (sulfide) groups is 1. The van der Waals surface area contributed by atoms with Crippen molar-refractivity contribution in [2.75, 3.05) is 23.9 Å². The fraction of sp³-hybridized carbons (Fsp3) is 0.417. The Morgan fingerprint density at radius 3 is 2.94 bits per heavy atom. The van der Waals surface area contributed by atoms with Crippen molar-refractivity contribution < 1.29 is 5.11 Å². The van der Waals surface area contributed by atoms with E-state index >= 15 is 0 Å². The van der Waals surface area contributed by atoms with Crippen LogP contribution in [-0.2, 0) is 0 Å². The third kappa shape index (κ3) is 4.12. The fourth-order valence-electron chi connectivity index (χ4n) is 1.52. The van der Waals surface area contributed by atoms with E-state index in [1.807, 2.05) is 6.26 Å². The number of benzene rings is 1. The van der Waals surface area contributed by atoms with E-state index in [1.165, 1.54) is 0 Å². The summed E-state index contributed by atoms with van der Waals surface area (Å²) in [5, 5.41) is 21.8. The van der Waals surface area contributed by atoms with Crippen molar-refractivity contribution in [3.05, 3.63) is 28.8 Å². The van der Waals surface area contributed by atoms with Crippen LogP contribution in [0.2, 0.25) is 5.02 Å². The van der Waals surface area contributed by atoms with E-state index < -0.39 is 0 Å². The molecule has 0 aliphatic rings. The first-order valence-electron chi connectivity index (χ1n) is 5.27. The molecule has 0 saturated heterocycles. The van der Waals surface area contributed by atoms with Gasteiger partial charge in [0, 0.05) is 18.4 Å². The fourth-order valence-corrected chi connectivity index (χ4v) is 2.40. The van der Waals surface area contributed by atoms with Crippen LogP contribution >= 0.6 is 23.4 Å². The number of aliphatic hydroxyl groups excluding tert-OH is 1. The quantitative estimate of drug-likeness (QED) is 0.835. The molecule has 5 heteroatoms. The van der Waals surface area contributed by atoms with Gasteiger partial charge in [-0.3, -0.25) is 0 Å². The van der Waals surface area contributed by atoms with E-state index in [2.05, 4.69) is 11.4 Å². The Morgan fingerprint density at radius 1 is 1.59 bits per heavy atom. The summed E-state index contributed by atoms with van der Waals surface area (Å²) in [5.41, 5.74) is 1.19. The number of para-hydroxylation sites is 1. The van der Waals surface area contributed by atoms with Crippen LogP contribution in [0.5, 0.6) is 0 Å². The zero-order valence-corrected chi connectivity index (χ0v) is 11.2. The molecule has 0 radical (unpaired) electrons. The molecule has 92 valence electrons. The molecule has 1 aromatic carbocycles. The van der Waals surface area contributed by atoms with Crippen molar-refractivity contribution in [2.45, 2.75) is 12.5 Å². The molecule has 2 N–H and O–H groups in total. The maximum Gasteiger partial charge on any atom is 0.101 e. The maximum atomic E-state index is 9.01. The van der Waals surface area contributed by atoms with Crippen LogP contribution in [0.25, 0.3) is 0 Å². The number of aliphatic hydroxyl groups is 1. The number of nitrogens with one attached hydrogen (secondary N) is 1. The number of nitriles is 1. The Bertz CT molecular complexity index is 400. The lowest BCUT2D eigenvalue weighted by Gasteiger charge is -2.19. The number of anilines is 1. The summed E-state index contributed by atoms with van der Waals surface area (Å²) in [7, 11) is 0. The van der Waals surface area contributed by atoms with Crippen molar-refractivity contribution in [1.29, 1.82) is 5.26 Å². The summed E-state index contributed by atoms with van der Waals surface area (Å²) in [4.78, 5) is 0. The Balaban J connectivity index is 2.88. The minimum atomic E-state index is 0.113. The first-order chi connectivity index (χ1) is 8.22. The molecule has 0 bridgehead atoms. The van der Waals surface area contributed by atoms with Crippen LogP contribution in [0.15, 0.2) is 18.2 Å². The highest BCUT2D eigenvalue weighted by molar-refractivity contribution is 7.98. The highest BCUT2D eigenvalue weighted by Crippen LogP contribution is 2.26. The van der Waals surface area contributed by atoms with Crippen LogP contribution in [-0.4, -0.2) is 29.8 Å². The molecule has 1 aromatic rings. The van der Waals surface area contributed by atoms with Crippen molar-refractivity contribution >= 4 is 29.1 Å². The van der Waals surface area contributed by atoms with Gasteiger partial charge in [0.2, 0.25) is 0 Å². The zero-order valence-electron chi connectivity index (χ0n) is 9.61. The monoisotopic (exact) mass is 270 g/mol. The predicted octanol–water partition coefficient (Wildman–Crippen LogP) is 2.74. The highest BCUT2D eigenvalue weighted by atomic mass is 35.5. The summed E-state index contributed by atoms with van der Waals surface area (Å²) >= 11 is 7.76. The van der Waals surface area contributed by atoms with Gasteiger partial charge >= 0.3 is 0 Å². The van der Waals surface area contributed by atoms with Gasteiger partial charge in [-0.2, -0.15) is 17.0 Å². The number of rotatable bonds is 6. The van der Waals surface area contributed by atoms with E-state index in [0.29, 0.717) is 22.7 Å². The molecule has 0 heterocycles. The number of hydrogen-bond acceptors (Lipinski definition) is 4. The largest absolute Gasteiger partial charge is 0.396 e. The topological polar surface area (TPSA) is 56.0 Å². The number of nitrogens with zero attached hydrogens (tertiary/aromatic N) is 1. The lowest BCUT2D eigenvalue weighted by atomic mass is 10.1. The van der Waals surface area contributed by atoms with Gasteiger partial charge in [-0.1, -0.05) is 17.7 Å². The van der Waals surface area contributed by atoms with Gasteiger partial charge < -0.3 is 10.4 Å². The highest BCUT2D eigenvalue weighted by Gasteiger charge is 2.12. The van der Waals surface area contributed by atoms with Gasteiger partial charge in [0.05, 0.1) is 16.3 Å². The van der Waals surface area contributed by atoms with Crippen LogP contribution in [0.4, 0.5) is 5.69 Å². The van der Waals surface area contributed by atoms with Gasteiger partial charge in [0.25, 0.3) is 0 Å². The molecular formula is C12H15ClN2OS. The first-order valence-corrected chi connectivity index (χ1v) is 7.05. The number of halogens is 1. The zero-order chi connectivity index (χ0) is 12.7. The molecule has 1 unspecified atom stereocenters. The minimum Gasteiger partial charge on any atom is -0.396 e. The Morgan fingerprint density at radius 2 is 2.35 bits per heavy atom. The standard InChI is InChI=1S/C12H15ClN2OS/c1-17-8-10(5-6-16)15-12-9(7-14)3-2-4-11(12)13/h2-4,10,15-16H,5-6,8H2,1H3. The van der Waals surface area contributed by atoms with E-state index in [1.54, 1.807) is 30.0 Å². The third-order valence-corrected chi connectivity index (χ3v) is 3.38. The van der Waals surface area contributed by atoms with Gasteiger partial charge in [-0.05, 0) is 24.8 Å².